The molecule has 0 bridgehead atoms. The minimum atomic E-state index is -0.804. The Morgan fingerprint density at radius 1 is 1.07 bits per heavy atom. The molecule has 1 heterocycles. The molecule has 0 spiro atoms. The molecule has 7 heteroatoms. The number of fused-ring (bicyclic) bond motifs is 1. The number of aromatic amines is 1. The van der Waals surface area contributed by atoms with Gasteiger partial charge in [0.1, 0.15) is 11.6 Å². The summed E-state index contributed by atoms with van der Waals surface area (Å²) in [6.45, 7) is 5.59. The highest BCUT2D eigenvalue weighted by atomic mass is 35.5. The fourth-order valence-electron chi connectivity index (χ4n) is 3.13. The highest BCUT2D eigenvalue weighted by Gasteiger charge is 2.25. The highest BCUT2D eigenvalue weighted by Crippen LogP contribution is 2.20. The standard InChI is InChI=1S/C23H26ClN3O3/c1-23(2,3)30-22(29)27-20(12-16-14-25-19-11-7-5-9-17(16)19)21(28)26-13-15-8-4-6-10-18(15)24/h4-11,14,20,25H,12-13H2,1-3H3,(H,26,28)(H,27,29). The van der Waals surface area contributed by atoms with Crippen molar-refractivity contribution in [3.63, 3.8) is 0 Å². The van der Waals surface area contributed by atoms with Crippen LogP contribution in [0.2, 0.25) is 5.02 Å². The summed E-state index contributed by atoms with van der Waals surface area (Å²) >= 11 is 6.18. The zero-order chi connectivity index (χ0) is 21.7. The average Bonchev–Trinajstić information content (AvgIpc) is 3.08. The van der Waals surface area contributed by atoms with Crippen LogP contribution in [0.1, 0.15) is 31.9 Å². The monoisotopic (exact) mass is 427 g/mol. The minimum Gasteiger partial charge on any atom is -0.444 e. The molecule has 6 nitrogen and oxygen atoms in total. The van der Waals surface area contributed by atoms with Crippen LogP contribution in [0.5, 0.6) is 0 Å². The summed E-state index contributed by atoms with van der Waals surface area (Å²) in [6.07, 6.45) is 1.54. The number of carbonyl (C=O) groups excluding carboxylic acids is 2. The number of hydrogen-bond acceptors (Lipinski definition) is 3. The van der Waals surface area contributed by atoms with Crippen LogP contribution >= 0.6 is 11.6 Å². The highest BCUT2D eigenvalue weighted by molar-refractivity contribution is 6.31. The summed E-state index contributed by atoms with van der Waals surface area (Å²) in [7, 11) is 0. The molecule has 30 heavy (non-hydrogen) atoms. The van der Waals surface area contributed by atoms with Crippen molar-refractivity contribution in [3.05, 3.63) is 70.9 Å². The van der Waals surface area contributed by atoms with Crippen molar-refractivity contribution in [1.82, 2.24) is 15.6 Å². The molecule has 0 aliphatic carbocycles. The molecule has 0 radical (unpaired) electrons. The van der Waals surface area contributed by atoms with Gasteiger partial charge in [-0.25, -0.2) is 4.79 Å². The zero-order valence-electron chi connectivity index (χ0n) is 17.3. The van der Waals surface area contributed by atoms with Gasteiger partial charge in [-0.15, -0.1) is 0 Å². The smallest absolute Gasteiger partial charge is 0.408 e. The van der Waals surface area contributed by atoms with Crippen molar-refractivity contribution in [1.29, 1.82) is 0 Å². The van der Waals surface area contributed by atoms with Crippen molar-refractivity contribution in [2.75, 3.05) is 0 Å². The molecule has 0 fully saturated rings. The zero-order valence-corrected chi connectivity index (χ0v) is 18.0. The Balaban J connectivity index is 1.76. The van der Waals surface area contributed by atoms with Crippen molar-refractivity contribution < 1.29 is 14.3 Å². The molecule has 0 aliphatic heterocycles. The SMILES string of the molecule is CC(C)(C)OC(=O)NC(Cc1c[nH]c2ccccc12)C(=O)NCc1ccccc1Cl. The lowest BCUT2D eigenvalue weighted by Crippen LogP contribution is -2.49. The molecule has 1 unspecified atom stereocenters. The second kappa shape index (κ2) is 9.22. The van der Waals surface area contributed by atoms with E-state index >= 15 is 0 Å². The molecule has 0 saturated carbocycles. The van der Waals surface area contributed by atoms with Gasteiger partial charge in [-0.3, -0.25) is 4.79 Å². The number of alkyl carbamates (subject to hydrolysis) is 1. The number of carbonyl (C=O) groups is 2. The van der Waals surface area contributed by atoms with E-state index in [0.717, 1.165) is 22.0 Å². The molecule has 2 amide bonds. The van der Waals surface area contributed by atoms with Gasteiger partial charge in [0.15, 0.2) is 0 Å². The third kappa shape index (κ3) is 5.76. The number of para-hydroxylation sites is 1. The lowest BCUT2D eigenvalue weighted by molar-refractivity contribution is -0.123. The van der Waals surface area contributed by atoms with Gasteiger partial charge in [0, 0.05) is 35.1 Å². The molecule has 0 saturated heterocycles. The Labute approximate surface area is 181 Å². The normalized spacial score (nSPS) is 12.4. The van der Waals surface area contributed by atoms with Crippen LogP contribution in [0.4, 0.5) is 4.79 Å². The van der Waals surface area contributed by atoms with Crippen LogP contribution in [-0.4, -0.2) is 28.6 Å². The summed E-state index contributed by atoms with van der Waals surface area (Å²) in [5, 5.41) is 7.15. The first kappa shape index (κ1) is 21.7. The molecule has 2 aromatic carbocycles. The topological polar surface area (TPSA) is 83.2 Å². The minimum absolute atomic E-state index is 0.263. The predicted octanol–water partition coefficient (Wildman–Crippen LogP) is 4.57. The van der Waals surface area contributed by atoms with Gasteiger partial charge in [0.2, 0.25) is 5.91 Å². The number of H-pyrrole nitrogens is 1. The maximum absolute atomic E-state index is 13.0. The van der Waals surface area contributed by atoms with Crippen LogP contribution in [0.25, 0.3) is 10.9 Å². The fraction of sp³-hybridized carbons (Fsp3) is 0.304. The summed E-state index contributed by atoms with van der Waals surface area (Å²) in [4.78, 5) is 28.5. The average molecular weight is 428 g/mol. The van der Waals surface area contributed by atoms with E-state index in [1.165, 1.54) is 0 Å². The lowest BCUT2D eigenvalue weighted by atomic mass is 10.0. The molecule has 0 aliphatic rings. The van der Waals surface area contributed by atoms with Gasteiger partial charge < -0.3 is 20.4 Å². The molecule has 3 aromatic rings. The Bertz CT molecular complexity index is 1040. The van der Waals surface area contributed by atoms with Crippen LogP contribution in [0, 0.1) is 0 Å². The Kier molecular flexibility index (Phi) is 6.67. The first-order valence-electron chi connectivity index (χ1n) is 9.78. The second-order valence-corrected chi connectivity index (χ2v) is 8.48. The van der Waals surface area contributed by atoms with E-state index < -0.39 is 17.7 Å². The van der Waals surface area contributed by atoms with Gasteiger partial charge in [-0.1, -0.05) is 48.0 Å². The third-order valence-corrected chi connectivity index (χ3v) is 4.89. The quantitative estimate of drug-likeness (QED) is 0.538. The van der Waals surface area contributed by atoms with E-state index in [-0.39, 0.29) is 12.5 Å². The fourth-order valence-corrected chi connectivity index (χ4v) is 3.33. The van der Waals surface area contributed by atoms with Crippen LogP contribution in [-0.2, 0) is 22.5 Å². The van der Waals surface area contributed by atoms with E-state index in [9.17, 15) is 9.59 Å². The molecule has 1 aromatic heterocycles. The maximum atomic E-state index is 13.0. The van der Waals surface area contributed by atoms with Crippen LogP contribution in [0.15, 0.2) is 54.7 Å². The summed E-state index contributed by atoms with van der Waals surface area (Å²) in [5.41, 5.74) is 2.04. The molecule has 3 rings (SSSR count). The second-order valence-electron chi connectivity index (χ2n) is 8.07. The van der Waals surface area contributed by atoms with E-state index in [4.69, 9.17) is 16.3 Å². The predicted molar refractivity (Wildman–Crippen MR) is 118 cm³/mol. The van der Waals surface area contributed by atoms with Crippen molar-refractivity contribution in [3.8, 4) is 0 Å². The molecule has 1 atom stereocenters. The first-order valence-corrected chi connectivity index (χ1v) is 10.2. The molecule has 3 N–H and O–H groups in total. The van der Waals surface area contributed by atoms with Gasteiger partial charge in [-0.05, 0) is 44.0 Å². The first-order chi connectivity index (χ1) is 14.2. The molecular formula is C23H26ClN3O3. The van der Waals surface area contributed by atoms with E-state index in [0.29, 0.717) is 11.4 Å². The maximum Gasteiger partial charge on any atom is 0.408 e. The Morgan fingerprint density at radius 2 is 1.77 bits per heavy atom. The number of amides is 2. The number of halogens is 1. The number of benzene rings is 2. The van der Waals surface area contributed by atoms with Gasteiger partial charge >= 0.3 is 6.09 Å². The number of nitrogens with one attached hydrogen (secondary N) is 3. The Hall–Kier alpha value is -2.99. The molecular weight excluding hydrogens is 402 g/mol. The third-order valence-electron chi connectivity index (χ3n) is 4.52. The van der Waals surface area contributed by atoms with Crippen LogP contribution in [0.3, 0.4) is 0 Å². The lowest BCUT2D eigenvalue weighted by Gasteiger charge is -2.23. The number of rotatable bonds is 6. The van der Waals surface area contributed by atoms with Crippen LogP contribution < -0.4 is 10.6 Å². The van der Waals surface area contributed by atoms with E-state index in [2.05, 4.69) is 15.6 Å². The van der Waals surface area contributed by atoms with Crippen molar-refractivity contribution >= 4 is 34.5 Å². The number of aromatic nitrogens is 1. The van der Waals surface area contributed by atoms with E-state index in [1.54, 1.807) is 26.8 Å². The molecule has 158 valence electrons. The van der Waals surface area contributed by atoms with Crippen molar-refractivity contribution in [2.45, 2.75) is 45.4 Å². The summed E-state index contributed by atoms with van der Waals surface area (Å²) in [6, 6.07) is 14.3. The number of ether oxygens (including phenoxy) is 1. The summed E-state index contributed by atoms with van der Waals surface area (Å²) < 4.78 is 5.35. The Morgan fingerprint density at radius 3 is 2.50 bits per heavy atom. The van der Waals surface area contributed by atoms with E-state index in [1.807, 2.05) is 48.7 Å². The van der Waals surface area contributed by atoms with Gasteiger partial charge in [0.25, 0.3) is 0 Å². The summed E-state index contributed by atoms with van der Waals surface area (Å²) in [5.74, 6) is -0.314. The van der Waals surface area contributed by atoms with Gasteiger partial charge in [0.05, 0.1) is 0 Å². The van der Waals surface area contributed by atoms with Gasteiger partial charge in [-0.2, -0.15) is 0 Å². The largest absolute Gasteiger partial charge is 0.444 e. The van der Waals surface area contributed by atoms with Crippen molar-refractivity contribution in [2.24, 2.45) is 0 Å². The number of hydrogen-bond donors (Lipinski definition) is 3.